The lowest BCUT2D eigenvalue weighted by atomic mass is 9.44. The molecule has 2 aromatic rings. The summed E-state index contributed by atoms with van der Waals surface area (Å²) in [5.41, 5.74) is 1.09. The van der Waals surface area contributed by atoms with E-state index < -0.39 is 0 Å². The van der Waals surface area contributed by atoms with Crippen LogP contribution in [0.5, 0.6) is 0 Å². The van der Waals surface area contributed by atoms with Crippen molar-refractivity contribution in [3.63, 3.8) is 0 Å². The fraction of sp³-hybridized carbons (Fsp3) is 0.538. The maximum Gasteiger partial charge on any atom is 0.305 e. The molecule has 4 atom stereocenters. The number of unbranched alkanes of at least 4 members (excludes halogenated alkanes) is 1. The summed E-state index contributed by atoms with van der Waals surface area (Å²) in [6.45, 7) is 4.73. The van der Waals surface area contributed by atoms with E-state index in [1.165, 1.54) is 20.0 Å². The van der Waals surface area contributed by atoms with E-state index in [2.05, 4.69) is 48.8 Å². The van der Waals surface area contributed by atoms with Gasteiger partial charge in [0, 0.05) is 17.2 Å². The van der Waals surface area contributed by atoms with E-state index >= 15 is 0 Å². The van der Waals surface area contributed by atoms with Crippen LogP contribution in [0.25, 0.3) is 10.1 Å². The van der Waals surface area contributed by atoms with Crippen molar-refractivity contribution in [1.29, 1.82) is 0 Å². The average molecular weight is 440 g/mol. The Balaban J connectivity index is 1.42. The lowest BCUT2D eigenvalue weighted by Crippen LogP contribution is -2.63. The second kappa shape index (κ2) is 9.15. The molecule has 1 amide bonds. The van der Waals surface area contributed by atoms with Crippen molar-refractivity contribution in [3.05, 3.63) is 47.4 Å². The molecule has 1 aromatic carbocycles. The maximum atomic E-state index is 13.3. The van der Waals surface area contributed by atoms with Crippen LogP contribution in [0.4, 0.5) is 0 Å². The van der Waals surface area contributed by atoms with E-state index in [1.54, 1.807) is 11.3 Å². The largest absolute Gasteiger partial charge is 0.469 e. The molecule has 3 saturated carbocycles. The molecule has 0 radical (unpaired) electrons. The zero-order valence-corrected chi connectivity index (χ0v) is 19.5. The van der Waals surface area contributed by atoms with Gasteiger partial charge in [0.25, 0.3) is 5.91 Å². The molecule has 5 heteroatoms. The van der Waals surface area contributed by atoms with Gasteiger partial charge in [0.05, 0.1) is 12.7 Å². The SMILES string of the molecule is COC(=O)CCCC=CC[C@H]1C[C@H]2C[C@@H](C1NC(=O)c1cccc3ccsc13)C2(C)C. The number of allylic oxidation sites excluding steroid dienone is 2. The van der Waals surface area contributed by atoms with Crippen LogP contribution in [0, 0.1) is 23.2 Å². The van der Waals surface area contributed by atoms with Crippen molar-refractivity contribution in [1.82, 2.24) is 5.32 Å². The minimum absolute atomic E-state index is 0.0613. The first-order valence-corrected chi connectivity index (χ1v) is 12.3. The highest BCUT2D eigenvalue weighted by molar-refractivity contribution is 7.17. The van der Waals surface area contributed by atoms with Gasteiger partial charge in [0.15, 0.2) is 0 Å². The van der Waals surface area contributed by atoms with E-state index in [-0.39, 0.29) is 17.9 Å². The molecule has 1 N–H and O–H groups in total. The number of ether oxygens (including phenoxy) is 1. The second-order valence-corrected chi connectivity index (χ2v) is 10.6. The lowest BCUT2D eigenvalue weighted by Gasteiger charge is -2.62. The summed E-state index contributed by atoms with van der Waals surface area (Å²) in [6, 6.07) is 8.27. The van der Waals surface area contributed by atoms with E-state index in [1.807, 2.05) is 12.1 Å². The van der Waals surface area contributed by atoms with Crippen LogP contribution < -0.4 is 5.32 Å². The van der Waals surface area contributed by atoms with Crippen molar-refractivity contribution >= 4 is 33.3 Å². The Kier molecular flexibility index (Phi) is 6.52. The molecule has 31 heavy (non-hydrogen) atoms. The lowest BCUT2D eigenvalue weighted by molar-refractivity contribution is -0.140. The van der Waals surface area contributed by atoms with Gasteiger partial charge in [-0.3, -0.25) is 9.59 Å². The third kappa shape index (κ3) is 4.43. The van der Waals surface area contributed by atoms with Crippen LogP contribution in [0.15, 0.2) is 41.8 Å². The zero-order chi connectivity index (χ0) is 22.0. The third-order valence-electron chi connectivity index (χ3n) is 7.68. The minimum atomic E-state index is -0.147. The number of carbonyl (C=O) groups excluding carboxylic acids is 2. The van der Waals surface area contributed by atoms with Crippen LogP contribution in [0.2, 0.25) is 0 Å². The first-order chi connectivity index (χ1) is 14.9. The Morgan fingerprint density at radius 2 is 2.06 bits per heavy atom. The summed E-state index contributed by atoms with van der Waals surface area (Å²) in [4.78, 5) is 24.5. The first kappa shape index (κ1) is 22.1. The molecule has 0 saturated heterocycles. The highest BCUT2D eigenvalue weighted by Crippen LogP contribution is 2.61. The molecule has 4 nitrogen and oxygen atoms in total. The number of methoxy groups -OCH3 is 1. The molecule has 5 rings (SSSR count). The molecule has 1 unspecified atom stereocenters. The van der Waals surface area contributed by atoms with Gasteiger partial charge in [-0.1, -0.05) is 38.1 Å². The summed E-state index contributed by atoms with van der Waals surface area (Å²) in [6.07, 6.45) is 9.97. The van der Waals surface area contributed by atoms with Gasteiger partial charge in [-0.05, 0) is 78.2 Å². The summed E-state index contributed by atoms with van der Waals surface area (Å²) in [5.74, 6) is 1.68. The quantitative estimate of drug-likeness (QED) is 0.313. The van der Waals surface area contributed by atoms with E-state index in [0.29, 0.717) is 23.7 Å². The number of esters is 1. The molecular formula is C26H33NO3S. The number of thiophene rings is 1. The van der Waals surface area contributed by atoms with Crippen LogP contribution in [0.3, 0.4) is 0 Å². The van der Waals surface area contributed by atoms with Gasteiger partial charge in [0.1, 0.15) is 0 Å². The molecule has 0 spiro atoms. The van der Waals surface area contributed by atoms with Crippen LogP contribution in [0.1, 0.15) is 62.7 Å². The summed E-state index contributed by atoms with van der Waals surface area (Å²) < 4.78 is 5.77. The molecule has 1 aromatic heterocycles. The Bertz CT molecular complexity index is 976. The highest BCUT2D eigenvalue weighted by atomic mass is 32.1. The first-order valence-electron chi connectivity index (χ1n) is 11.4. The fourth-order valence-corrected chi connectivity index (χ4v) is 6.53. The van der Waals surface area contributed by atoms with E-state index in [4.69, 9.17) is 4.74 Å². The van der Waals surface area contributed by atoms with Gasteiger partial charge in [-0.25, -0.2) is 0 Å². The molecule has 3 fully saturated rings. The summed E-state index contributed by atoms with van der Waals surface area (Å²) in [5, 5.41) is 6.64. The second-order valence-electron chi connectivity index (χ2n) is 9.68. The summed E-state index contributed by atoms with van der Waals surface area (Å²) >= 11 is 1.64. The molecule has 3 aliphatic rings. The molecular weight excluding hydrogens is 406 g/mol. The van der Waals surface area contributed by atoms with Crippen LogP contribution in [-0.2, 0) is 9.53 Å². The zero-order valence-electron chi connectivity index (χ0n) is 18.7. The Hall–Kier alpha value is -2.14. The van der Waals surface area contributed by atoms with Gasteiger partial charge >= 0.3 is 5.97 Å². The van der Waals surface area contributed by atoms with Crippen molar-refractivity contribution < 1.29 is 14.3 Å². The number of hydrogen-bond acceptors (Lipinski definition) is 4. The number of hydrogen-bond donors (Lipinski definition) is 1. The monoisotopic (exact) mass is 439 g/mol. The minimum Gasteiger partial charge on any atom is -0.469 e. The van der Waals surface area contributed by atoms with Crippen LogP contribution >= 0.6 is 11.3 Å². The number of nitrogens with one attached hydrogen (secondary N) is 1. The molecule has 1 heterocycles. The normalized spacial score (nSPS) is 26.5. The van der Waals surface area contributed by atoms with Crippen molar-refractivity contribution in [2.45, 2.75) is 58.4 Å². The fourth-order valence-electron chi connectivity index (χ4n) is 5.62. The number of benzene rings is 1. The topological polar surface area (TPSA) is 55.4 Å². The maximum absolute atomic E-state index is 13.3. The van der Waals surface area contributed by atoms with Crippen molar-refractivity contribution in [3.8, 4) is 0 Å². The molecule has 3 aliphatic carbocycles. The van der Waals surface area contributed by atoms with Gasteiger partial charge in [-0.2, -0.15) is 0 Å². The number of rotatable bonds is 8. The van der Waals surface area contributed by atoms with Gasteiger partial charge in [0.2, 0.25) is 0 Å². The number of carbonyl (C=O) groups is 2. The standard InChI is InChI=1S/C26H33NO3S/c1-26(2)19-15-18(9-6-4-5-7-12-22(28)30-3)23(21(26)16-19)27-25(29)20-11-8-10-17-13-14-31-24(17)20/h4,6,8,10-11,13-14,18-19,21,23H,5,7,9,12,15-16H2,1-3H3,(H,27,29)/t18-,19-,21-,23?/m0/s1. The smallest absolute Gasteiger partial charge is 0.305 e. The van der Waals surface area contributed by atoms with Crippen LogP contribution in [-0.4, -0.2) is 25.0 Å². The van der Waals surface area contributed by atoms with E-state index in [0.717, 1.165) is 40.8 Å². The molecule has 2 bridgehead atoms. The number of fused-ring (bicyclic) bond motifs is 3. The van der Waals surface area contributed by atoms with Gasteiger partial charge in [-0.15, -0.1) is 11.3 Å². The average Bonchev–Trinajstić information content (AvgIpc) is 3.25. The molecule has 0 aliphatic heterocycles. The Morgan fingerprint density at radius 1 is 1.23 bits per heavy atom. The Morgan fingerprint density at radius 3 is 2.84 bits per heavy atom. The van der Waals surface area contributed by atoms with Gasteiger partial charge < -0.3 is 10.1 Å². The third-order valence-corrected chi connectivity index (χ3v) is 8.64. The predicted molar refractivity (Wildman–Crippen MR) is 126 cm³/mol. The summed E-state index contributed by atoms with van der Waals surface area (Å²) in [7, 11) is 1.43. The number of amides is 1. The Labute approximate surface area is 189 Å². The van der Waals surface area contributed by atoms with E-state index in [9.17, 15) is 9.59 Å². The molecule has 166 valence electrons. The predicted octanol–water partition coefficient (Wildman–Crippen LogP) is 5.97. The van der Waals surface area contributed by atoms with Crippen molar-refractivity contribution in [2.24, 2.45) is 23.2 Å². The highest BCUT2D eigenvalue weighted by Gasteiger charge is 2.57. The van der Waals surface area contributed by atoms with Crippen molar-refractivity contribution in [2.75, 3.05) is 7.11 Å².